The Morgan fingerprint density at radius 3 is 2.67 bits per heavy atom. The van der Waals surface area contributed by atoms with Crippen LogP contribution in [0.4, 0.5) is 10.8 Å². The van der Waals surface area contributed by atoms with Crippen LogP contribution in [0.15, 0.2) is 54.9 Å². The highest BCUT2D eigenvalue weighted by Gasteiger charge is 2.06. The molecule has 0 saturated carbocycles. The lowest BCUT2D eigenvalue weighted by atomic mass is 10.3. The van der Waals surface area contributed by atoms with Crippen LogP contribution in [0.5, 0.6) is 0 Å². The maximum atomic E-state index is 4.43. The topological polar surface area (TPSA) is 50.7 Å². The largest absolute Gasteiger partial charge is 0.330 e. The average Bonchev–Trinajstić information content (AvgIpc) is 2.89. The molecular formula is C13H10N4S. The second kappa shape index (κ2) is 4.93. The fourth-order valence-electron chi connectivity index (χ4n) is 1.53. The highest BCUT2D eigenvalue weighted by atomic mass is 32.1. The molecule has 1 N–H and O–H groups in total. The molecule has 2 heterocycles. The van der Waals surface area contributed by atoms with Crippen molar-refractivity contribution in [1.82, 2.24) is 14.3 Å². The monoisotopic (exact) mass is 254 g/mol. The third kappa shape index (κ3) is 2.36. The summed E-state index contributed by atoms with van der Waals surface area (Å²) in [5.41, 5.74) is 1.93. The van der Waals surface area contributed by atoms with E-state index in [9.17, 15) is 0 Å². The quantitative estimate of drug-likeness (QED) is 0.778. The van der Waals surface area contributed by atoms with Crippen molar-refractivity contribution < 1.29 is 0 Å². The smallest absolute Gasteiger partial charge is 0.207 e. The average molecular weight is 254 g/mol. The van der Waals surface area contributed by atoms with E-state index in [1.807, 2.05) is 42.5 Å². The minimum absolute atomic E-state index is 0.700. The first-order chi connectivity index (χ1) is 8.92. The van der Waals surface area contributed by atoms with Crippen LogP contribution in [0.25, 0.3) is 11.4 Å². The lowest BCUT2D eigenvalue weighted by Crippen LogP contribution is -1.88. The summed E-state index contributed by atoms with van der Waals surface area (Å²) in [6.45, 7) is 0. The molecule has 0 unspecified atom stereocenters. The molecule has 18 heavy (non-hydrogen) atoms. The molecule has 0 aliphatic rings. The summed E-state index contributed by atoms with van der Waals surface area (Å²) in [5.74, 6) is 0.700. The van der Waals surface area contributed by atoms with Crippen molar-refractivity contribution in [3.63, 3.8) is 0 Å². The Balaban J connectivity index is 1.82. The standard InChI is InChI=1S/C13H10N4S/c1-2-6-11(7-3-1)15-13-16-12(17-18-13)10-5-4-8-14-9-10/h1-9H,(H,15,16,17). The number of rotatable bonds is 3. The van der Waals surface area contributed by atoms with Gasteiger partial charge in [-0.15, -0.1) is 0 Å². The number of hydrogen-bond donors (Lipinski definition) is 1. The molecule has 0 bridgehead atoms. The molecule has 3 rings (SSSR count). The molecule has 0 saturated heterocycles. The van der Waals surface area contributed by atoms with E-state index in [0.717, 1.165) is 16.4 Å². The van der Waals surface area contributed by atoms with Crippen molar-refractivity contribution in [3.8, 4) is 11.4 Å². The van der Waals surface area contributed by atoms with Crippen LogP contribution in [0.2, 0.25) is 0 Å². The first-order valence-corrected chi connectivity index (χ1v) is 6.25. The Bertz CT molecular complexity index is 622. The third-order valence-corrected chi connectivity index (χ3v) is 3.00. The van der Waals surface area contributed by atoms with Crippen molar-refractivity contribution in [2.75, 3.05) is 5.32 Å². The number of anilines is 2. The Morgan fingerprint density at radius 1 is 1.00 bits per heavy atom. The van der Waals surface area contributed by atoms with Crippen LogP contribution in [-0.4, -0.2) is 14.3 Å². The van der Waals surface area contributed by atoms with Gasteiger partial charge in [-0.3, -0.25) is 4.98 Å². The van der Waals surface area contributed by atoms with Crippen molar-refractivity contribution in [1.29, 1.82) is 0 Å². The molecule has 0 radical (unpaired) electrons. The van der Waals surface area contributed by atoms with E-state index in [1.165, 1.54) is 11.5 Å². The van der Waals surface area contributed by atoms with Gasteiger partial charge in [0.25, 0.3) is 0 Å². The van der Waals surface area contributed by atoms with Crippen LogP contribution in [0, 0.1) is 0 Å². The number of nitrogens with zero attached hydrogens (tertiary/aromatic N) is 3. The molecule has 1 aromatic carbocycles. The van der Waals surface area contributed by atoms with Crippen LogP contribution in [-0.2, 0) is 0 Å². The minimum Gasteiger partial charge on any atom is -0.330 e. The van der Waals surface area contributed by atoms with E-state index < -0.39 is 0 Å². The summed E-state index contributed by atoms with van der Waals surface area (Å²) < 4.78 is 4.31. The zero-order valence-electron chi connectivity index (χ0n) is 9.45. The van der Waals surface area contributed by atoms with E-state index in [4.69, 9.17) is 0 Å². The second-order valence-corrected chi connectivity index (χ2v) is 4.41. The van der Waals surface area contributed by atoms with Gasteiger partial charge in [0.1, 0.15) is 0 Å². The van der Waals surface area contributed by atoms with E-state index in [0.29, 0.717) is 5.82 Å². The molecule has 0 spiro atoms. The lowest BCUT2D eigenvalue weighted by Gasteiger charge is -1.99. The maximum absolute atomic E-state index is 4.43. The molecule has 0 atom stereocenters. The SMILES string of the molecule is c1ccc(Nc2nc(-c3cccnc3)ns2)cc1. The molecule has 2 aromatic heterocycles. The number of pyridine rings is 1. The molecule has 0 amide bonds. The summed E-state index contributed by atoms with van der Waals surface area (Å²) >= 11 is 1.34. The summed E-state index contributed by atoms with van der Waals surface area (Å²) in [5, 5.41) is 4.00. The zero-order valence-corrected chi connectivity index (χ0v) is 10.3. The number of nitrogens with one attached hydrogen (secondary N) is 1. The number of aromatic nitrogens is 3. The predicted octanol–water partition coefficient (Wildman–Crippen LogP) is 3.34. The van der Waals surface area contributed by atoms with Gasteiger partial charge in [0.15, 0.2) is 5.82 Å². The second-order valence-electron chi connectivity index (χ2n) is 3.66. The number of para-hydroxylation sites is 1. The fraction of sp³-hybridized carbons (Fsp3) is 0. The lowest BCUT2D eigenvalue weighted by molar-refractivity contribution is 1.27. The molecule has 0 fully saturated rings. The summed E-state index contributed by atoms with van der Waals surface area (Å²) in [6, 6.07) is 13.7. The van der Waals surface area contributed by atoms with Gasteiger partial charge in [-0.25, -0.2) is 0 Å². The first kappa shape index (κ1) is 10.9. The van der Waals surface area contributed by atoms with Crippen LogP contribution < -0.4 is 5.32 Å². The van der Waals surface area contributed by atoms with Gasteiger partial charge < -0.3 is 5.32 Å². The van der Waals surface area contributed by atoms with Crippen LogP contribution in [0.3, 0.4) is 0 Å². The van der Waals surface area contributed by atoms with Crippen LogP contribution >= 0.6 is 11.5 Å². The van der Waals surface area contributed by atoms with Crippen molar-refractivity contribution in [2.45, 2.75) is 0 Å². The van der Waals surface area contributed by atoms with Crippen molar-refractivity contribution in [2.24, 2.45) is 0 Å². The molecule has 0 aliphatic heterocycles. The van der Waals surface area contributed by atoms with E-state index >= 15 is 0 Å². The Labute approximate surface area is 109 Å². The molecular weight excluding hydrogens is 244 g/mol. The molecule has 4 nitrogen and oxygen atoms in total. The van der Waals surface area contributed by atoms with Gasteiger partial charge >= 0.3 is 0 Å². The van der Waals surface area contributed by atoms with E-state index in [-0.39, 0.29) is 0 Å². The molecule has 5 heteroatoms. The van der Waals surface area contributed by atoms with Gasteiger partial charge in [-0.2, -0.15) is 9.36 Å². The van der Waals surface area contributed by atoms with E-state index in [1.54, 1.807) is 12.4 Å². The number of benzene rings is 1. The van der Waals surface area contributed by atoms with Crippen molar-refractivity contribution in [3.05, 3.63) is 54.9 Å². The highest BCUT2D eigenvalue weighted by Crippen LogP contribution is 2.22. The molecule has 88 valence electrons. The van der Waals surface area contributed by atoms with Gasteiger partial charge in [-0.1, -0.05) is 18.2 Å². The summed E-state index contributed by atoms with van der Waals surface area (Å²) in [4.78, 5) is 8.49. The first-order valence-electron chi connectivity index (χ1n) is 5.48. The van der Waals surface area contributed by atoms with Gasteiger partial charge in [-0.05, 0) is 24.3 Å². The van der Waals surface area contributed by atoms with Gasteiger partial charge in [0, 0.05) is 35.2 Å². The zero-order chi connectivity index (χ0) is 12.2. The van der Waals surface area contributed by atoms with Crippen LogP contribution in [0.1, 0.15) is 0 Å². The maximum Gasteiger partial charge on any atom is 0.207 e. The highest BCUT2D eigenvalue weighted by molar-refractivity contribution is 7.09. The molecule has 3 aromatic rings. The van der Waals surface area contributed by atoms with E-state index in [2.05, 4.69) is 19.7 Å². The normalized spacial score (nSPS) is 10.2. The predicted molar refractivity (Wildman–Crippen MR) is 72.9 cm³/mol. The Kier molecular flexibility index (Phi) is 2.97. The van der Waals surface area contributed by atoms with Gasteiger partial charge in [0.05, 0.1) is 0 Å². The fourth-order valence-corrected chi connectivity index (χ4v) is 2.14. The summed E-state index contributed by atoms with van der Waals surface area (Å²) in [7, 11) is 0. The molecule has 0 aliphatic carbocycles. The van der Waals surface area contributed by atoms with Gasteiger partial charge in [0.2, 0.25) is 5.13 Å². The Hall–Kier alpha value is -2.27. The third-order valence-electron chi connectivity index (χ3n) is 2.37. The number of hydrogen-bond acceptors (Lipinski definition) is 5. The van der Waals surface area contributed by atoms with Crippen molar-refractivity contribution >= 4 is 22.4 Å². The summed E-state index contributed by atoms with van der Waals surface area (Å²) in [6.07, 6.45) is 3.49. The Morgan fingerprint density at radius 2 is 1.89 bits per heavy atom. The minimum atomic E-state index is 0.700.